The lowest BCUT2D eigenvalue weighted by molar-refractivity contribution is -0.116. The molecule has 26 heavy (non-hydrogen) atoms. The lowest BCUT2D eigenvalue weighted by Crippen LogP contribution is -2.38. The number of benzene rings is 2. The highest BCUT2D eigenvalue weighted by Gasteiger charge is 2.18. The molecule has 0 aromatic heterocycles. The number of sulfonamides is 1. The quantitative estimate of drug-likeness (QED) is 0.810. The number of hydrogen-bond donors (Lipinski definition) is 1. The average Bonchev–Trinajstić information content (AvgIpc) is 2.56. The van der Waals surface area contributed by atoms with Gasteiger partial charge in [-0.2, -0.15) is 0 Å². The second-order valence-corrected chi connectivity index (χ2v) is 8.11. The summed E-state index contributed by atoms with van der Waals surface area (Å²) < 4.78 is 40.4. The van der Waals surface area contributed by atoms with E-state index in [0.717, 1.165) is 11.6 Å². The largest absolute Gasteiger partial charge is 0.311 e. The molecule has 0 saturated carbocycles. The summed E-state index contributed by atoms with van der Waals surface area (Å²) in [4.78, 5) is 13.4. The van der Waals surface area contributed by atoms with Crippen molar-refractivity contribution in [1.82, 2.24) is 4.72 Å². The first-order valence-electron chi connectivity index (χ1n) is 7.92. The molecule has 1 amide bonds. The molecule has 0 saturated heterocycles. The maximum absolute atomic E-state index is 13.3. The third kappa shape index (κ3) is 4.81. The van der Waals surface area contributed by atoms with Crippen LogP contribution in [-0.4, -0.2) is 27.4 Å². The summed E-state index contributed by atoms with van der Waals surface area (Å²) in [5, 5.41) is 0.485. The first-order valence-corrected chi connectivity index (χ1v) is 9.78. The van der Waals surface area contributed by atoms with E-state index in [2.05, 4.69) is 4.72 Å². The van der Waals surface area contributed by atoms with Gasteiger partial charge in [-0.1, -0.05) is 17.7 Å². The van der Waals surface area contributed by atoms with Crippen LogP contribution in [0.3, 0.4) is 0 Å². The average molecular weight is 399 g/mol. The van der Waals surface area contributed by atoms with Crippen LogP contribution in [0.25, 0.3) is 0 Å². The van der Waals surface area contributed by atoms with Crippen LogP contribution in [0.4, 0.5) is 10.1 Å². The fourth-order valence-electron chi connectivity index (χ4n) is 2.48. The Morgan fingerprint density at radius 3 is 2.46 bits per heavy atom. The van der Waals surface area contributed by atoms with E-state index in [1.807, 2.05) is 6.92 Å². The second-order valence-electron chi connectivity index (χ2n) is 5.91. The molecule has 5 nitrogen and oxygen atoms in total. The molecule has 0 aliphatic carbocycles. The summed E-state index contributed by atoms with van der Waals surface area (Å²) >= 11 is 6.00. The van der Waals surface area contributed by atoms with Crippen LogP contribution < -0.4 is 9.62 Å². The summed E-state index contributed by atoms with van der Waals surface area (Å²) in [6.45, 7) is 4.87. The van der Waals surface area contributed by atoms with Crippen LogP contribution in [0.1, 0.15) is 18.1 Å². The van der Waals surface area contributed by atoms with Crippen molar-refractivity contribution < 1.29 is 17.6 Å². The molecule has 8 heteroatoms. The van der Waals surface area contributed by atoms with E-state index >= 15 is 0 Å². The molecule has 0 aliphatic rings. The summed E-state index contributed by atoms with van der Waals surface area (Å²) in [5.74, 6) is -0.699. The lowest BCUT2D eigenvalue weighted by Gasteiger charge is -2.23. The monoisotopic (exact) mass is 398 g/mol. The Morgan fingerprint density at radius 1 is 1.15 bits per heavy atom. The molecule has 0 atom stereocenters. The van der Waals surface area contributed by atoms with Crippen LogP contribution in [0.2, 0.25) is 5.02 Å². The first kappa shape index (κ1) is 20.4. The molecule has 0 bridgehead atoms. The number of carbonyl (C=O) groups is 1. The van der Waals surface area contributed by atoms with Gasteiger partial charge in [0.1, 0.15) is 5.82 Å². The van der Waals surface area contributed by atoms with Crippen LogP contribution in [0.5, 0.6) is 0 Å². The van der Waals surface area contributed by atoms with Crippen molar-refractivity contribution in [2.45, 2.75) is 25.7 Å². The van der Waals surface area contributed by atoms with E-state index in [1.54, 1.807) is 18.2 Å². The molecular formula is C18H20ClFN2O3S. The zero-order chi connectivity index (χ0) is 19.5. The molecule has 1 N–H and O–H groups in total. The zero-order valence-electron chi connectivity index (χ0n) is 14.7. The third-order valence-corrected chi connectivity index (χ3v) is 5.60. The summed E-state index contributed by atoms with van der Waals surface area (Å²) in [6.07, 6.45) is 0. The summed E-state index contributed by atoms with van der Waals surface area (Å²) in [7, 11) is -3.80. The molecule has 0 aliphatic heterocycles. The maximum Gasteiger partial charge on any atom is 0.240 e. The van der Waals surface area contributed by atoms with Crippen molar-refractivity contribution in [3.05, 3.63) is 58.4 Å². The molecule has 2 rings (SSSR count). The van der Waals surface area contributed by atoms with Crippen LogP contribution >= 0.6 is 11.6 Å². The SMILES string of the molecule is CC(=O)N(CCNS(=O)(=O)c1ccc(F)c(C)c1)c1cc(Cl)ccc1C. The molecule has 0 spiro atoms. The topological polar surface area (TPSA) is 66.5 Å². The Kier molecular flexibility index (Phi) is 6.39. The predicted octanol–water partition coefficient (Wildman–Crippen LogP) is 3.43. The number of hydrogen-bond acceptors (Lipinski definition) is 3. The van der Waals surface area contributed by atoms with Gasteiger partial charge in [-0.15, -0.1) is 0 Å². The van der Waals surface area contributed by atoms with Crippen LogP contribution in [0.15, 0.2) is 41.3 Å². The normalized spacial score (nSPS) is 11.4. The predicted molar refractivity (Wildman–Crippen MR) is 101 cm³/mol. The Morgan fingerprint density at radius 2 is 1.85 bits per heavy atom. The van der Waals surface area contributed by atoms with Crippen LogP contribution in [-0.2, 0) is 14.8 Å². The fourth-order valence-corrected chi connectivity index (χ4v) is 3.75. The molecule has 0 unspecified atom stereocenters. The Hall–Kier alpha value is -1.96. The van der Waals surface area contributed by atoms with Crippen LogP contribution in [0, 0.1) is 19.7 Å². The Bertz CT molecular complexity index is 932. The van der Waals surface area contributed by atoms with E-state index < -0.39 is 15.8 Å². The highest BCUT2D eigenvalue weighted by molar-refractivity contribution is 7.89. The van der Waals surface area contributed by atoms with Gasteiger partial charge in [-0.05, 0) is 55.3 Å². The molecular weight excluding hydrogens is 379 g/mol. The van der Waals surface area contributed by atoms with Gasteiger partial charge in [-0.25, -0.2) is 17.5 Å². The van der Waals surface area contributed by atoms with Crippen molar-refractivity contribution in [3.63, 3.8) is 0 Å². The number of carbonyl (C=O) groups excluding carboxylic acids is 1. The van der Waals surface area contributed by atoms with Crippen molar-refractivity contribution >= 4 is 33.2 Å². The molecule has 0 heterocycles. The van der Waals surface area contributed by atoms with Crippen molar-refractivity contribution in [3.8, 4) is 0 Å². The zero-order valence-corrected chi connectivity index (χ0v) is 16.3. The standard InChI is InChI=1S/C18H20ClFN2O3S/c1-12-4-5-15(19)11-18(12)22(14(3)23)9-8-21-26(24,25)16-6-7-17(20)13(2)10-16/h4-7,10-11,21H,8-9H2,1-3H3. The number of amides is 1. The van der Waals surface area contributed by atoms with Gasteiger partial charge in [0.15, 0.2) is 0 Å². The van der Waals surface area contributed by atoms with Gasteiger partial charge in [0.2, 0.25) is 15.9 Å². The van der Waals surface area contributed by atoms with E-state index in [4.69, 9.17) is 11.6 Å². The molecule has 0 radical (unpaired) electrons. The minimum absolute atomic E-state index is 0.00426. The fraction of sp³-hybridized carbons (Fsp3) is 0.278. The molecule has 0 fully saturated rings. The van der Waals surface area contributed by atoms with E-state index in [0.29, 0.717) is 10.7 Å². The van der Waals surface area contributed by atoms with Gasteiger partial charge in [-0.3, -0.25) is 4.79 Å². The number of anilines is 1. The minimum atomic E-state index is -3.80. The highest BCUT2D eigenvalue weighted by atomic mass is 35.5. The number of halogens is 2. The second kappa shape index (κ2) is 8.16. The summed E-state index contributed by atoms with van der Waals surface area (Å²) in [5.41, 5.74) is 1.72. The number of aryl methyl sites for hydroxylation is 2. The van der Waals surface area contributed by atoms with Crippen molar-refractivity contribution in [2.24, 2.45) is 0 Å². The third-order valence-electron chi connectivity index (χ3n) is 3.91. The van der Waals surface area contributed by atoms with Crippen molar-refractivity contribution in [2.75, 3.05) is 18.0 Å². The Labute approximate surface area is 157 Å². The number of rotatable bonds is 6. The lowest BCUT2D eigenvalue weighted by atomic mass is 10.2. The van der Waals surface area contributed by atoms with Gasteiger partial charge >= 0.3 is 0 Å². The molecule has 2 aromatic rings. The minimum Gasteiger partial charge on any atom is -0.311 e. The van der Waals surface area contributed by atoms with E-state index in [1.165, 1.54) is 30.9 Å². The summed E-state index contributed by atoms with van der Waals surface area (Å²) in [6, 6.07) is 8.75. The van der Waals surface area contributed by atoms with Gasteiger partial charge < -0.3 is 4.90 Å². The molecule has 140 valence electrons. The van der Waals surface area contributed by atoms with Gasteiger partial charge in [0, 0.05) is 30.7 Å². The number of nitrogens with zero attached hydrogens (tertiary/aromatic N) is 1. The highest BCUT2D eigenvalue weighted by Crippen LogP contribution is 2.24. The number of nitrogens with one attached hydrogen (secondary N) is 1. The van der Waals surface area contributed by atoms with Crippen molar-refractivity contribution in [1.29, 1.82) is 0 Å². The first-order chi connectivity index (χ1) is 12.1. The smallest absolute Gasteiger partial charge is 0.240 e. The van der Waals surface area contributed by atoms with E-state index in [9.17, 15) is 17.6 Å². The van der Waals surface area contributed by atoms with Gasteiger partial charge in [0.25, 0.3) is 0 Å². The van der Waals surface area contributed by atoms with Gasteiger partial charge in [0.05, 0.1) is 4.90 Å². The molecule has 2 aromatic carbocycles. The Balaban J connectivity index is 2.13. The maximum atomic E-state index is 13.3. The van der Waals surface area contributed by atoms with E-state index in [-0.39, 0.29) is 29.5 Å².